The number of piperidine rings is 1. The number of methoxy groups -OCH3 is 1. The zero-order valence-electron chi connectivity index (χ0n) is 15.8. The number of carbonyl (C=O) groups is 1. The maximum Gasteiger partial charge on any atom is 0.236 e. The summed E-state index contributed by atoms with van der Waals surface area (Å²) in [5, 5.41) is 0. The molecular weight excluding hydrogens is 314 g/mol. The Bertz CT molecular complexity index is 557. The van der Waals surface area contributed by atoms with Crippen molar-refractivity contribution in [1.29, 1.82) is 0 Å². The third-order valence-corrected chi connectivity index (χ3v) is 5.37. The van der Waals surface area contributed by atoms with Crippen molar-refractivity contribution in [3.63, 3.8) is 0 Å². The summed E-state index contributed by atoms with van der Waals surface area (Å²) in [5.74, 6) is 2.56. The number of anilines is 1. The summed E-state index contributed by atoms with van der Waals surface area (Å²) < 4.78 is 5.22. The van der Waals surface area contributed by atoms with Crippen LogP contribution in [0.4, 0.5) is 5.69 Å². The fourth-order valence-corrected chi connectivity index (χ4v) is 4.22. The second kappa shape index (κ2) is 8.09. The Morgan fingerprint density at radius 1 is 1.04 bits per heavy atom. The number of carbonyl (C=O) groups excluding carboxylic acids is 1. The molecule has 0 aromatic heterocycles. The number of piperazine rings is 1. The number of hydrogen-bond donors (Lipinski definition) is 0. The number of benzene rings is 1. The predicted octanol–water partition coefficient (Wildman–Crippen LogP) is 2.32. The van der Waals surface area contributed by atoms with Crippen molar-refractivity contribution in [3.05, 3.63) is 24.3 Å². The van der Waals surface area contributed by atoms with Gasteiger partial charge in [-0.05, 0) is 42.5 Å². The zero-order valence-corrected chi connectivity index (χ0v) is 15.8. The monoisotopic (exact) mass is 345 g/mol. The van der Waals surface area contributed by atoms with E-state index >= 15 is 0 Å². The van der Waals surface area contributed by atoms with Crippen molar-refractivity contribution in [2.24, 2.45) is 11.8 Å². The van der Waals surface area contributed by atoms with Crippen LogP contribution in [0.25, 0.3) is 0 Å². The second-order valence-corrected chi connectivity index (χ2v) is 7.71. The third kappa shape index (κ3) is 4.66. The van der Waals surface area contributed by atoms with Crippen LogP contribution in [0.2, 0.25) is 0 Å². The Morgan fingerprint density at radius 2 is 1.64 bits per heavy atom. The molecule has 0 radical (unpaired) electrons. The highest BCUT2D eigenvalue weighted by molar-refractivity contribution is 5.78. The van der Waals surface area contributed by atoms with Gasteiger partial charge in [0.1, 0.15) is 5.75 Å². The normalized spacial score (nSPS) is 25.1. The van der Waals surface area contributed by atoms with E-state index in [1.54, 1.807) is 7.11 Å². The molecule has 0 bridgehead atoms. The van der Waals surface area contributed by atoms with E-state index in [1.165, 1.54) is 12.1 Å². The van der Waals surface area contributed by atoms with Crippen LogP contribution in [-0.4, -0.2) is 68.6 Å². The van der Waals surface area contributed by atoms with Crippen LogP contribution in [0.15, 0.2) is 24.3 Å². The summed E-state index contributed by atoms with van der Waals surface area (Å²) in [7, 11) is 1.68. The van der Waals surface area contributed by atoms with E-state index < -0.39 is 0 Å². The van der Waals surface area contributed by atoms with Crippen LogP contribution >= 0.6 is 0 Å². The van der Waals surface area contributed by atoms with Gasteiger partial charge in [0.05, 0.1) is 13.7 Å². The first-order valence-corrected chi connectivity index (χ1v) is 9.44. The fraction of sp³-hybridized carbons (Fsp3) is 0.650. The van der Waals surface area contributed by atoms with Crippen LogP contribution in [0, 0.1) is 11.8 Å². The Balaban J connectivity index is 1.48. The molecule has 2 fully saturated rings. The molecule has 138 valence electrons. The zero-order chi connectivity index (χ0) is 17.8. The van der Waals surface area contributed by atoms with Crippen LogP contribution < -0.4 is 9.64 Å². The molecule has 25 heavy (non-hydrogen) atoms. The molecule has 0 saturated carbocycles. The molecule has 1 amide bonds. The molecule has 0 aliphatic carbocycles. The van der Waals surface area contributed by atoms with Gasteiger partial charge >= 0.3 is 0 Å². The van der Waals surface area contributed by atoms with E-state index in [0.29, 0.717) is 18.4 Å². The summed E-state index contributed by atoms with van der Waals surface area (Å²) in [6.45, 7) is 10.7. The molecule has 2 saturated heterocycles. The van der Waals surface area contributed by atoms with Gasteiger partial charge in [-0.1, -0.05) is 13.8 Å². The van der Waals surface area contributed by atoms with E-state index in [4.69, 9.17) is 4.74 Å². The molecule has 3 rings (SSSR count). The van der Waals surface area contributed by atoms with E-state index in [9.17, 15) is 4.79 Å². The SMILES string of the molecule is COc1ccc(N2CCN(C(=O)CN3CC(C)CC(C)C3)CC2)cc1. The molecule has 1 aromatic rings. The Morgan fingerprint density at radius 3 is 2.20 bits per heavy atom. The van der Waals surface area contributed by atoms with Crippen molar-refractivity contribution in [1.82, 2.24) is 9.80 Å². The van der Waals surface area contributed by atoms with Gasteiger partial charge in [-0.25, -0.2) is 0 Å². The van der Waals surface area contributed by atoms with E-state index in [0.717, 1.165) is 45.0 Å². The first kappa shape index (κ1) is 18.1. The second-order valence-electron chi connectivity index (χ2n) is 7.71. The molecule has 1 aromatic carbocycles. The van der Waals surface area contributed by atoms with Gasteiger partial charge in [-0.15, -0.1) is 0 Å². The summed E-state index contributed by atoms with van der Waals surface area (Å²) in [4.78, 5) is 19.4. The highest BCUT2D eigenvalue weighted by atomic mass is 16.5. The smallest absolute Gasteiger partial charge is 0.236 e. The first-order chi connectivity index (χ1) is 12.0. The summed E-state index contributed by atoms with van der Waals surface area (Å²) >= 11 is 0. The maximum atomic E-state index is 12.7. The molecule has 5 heteroatoms. The first-order valence-electron chi connectivity index (χ1n) is 9.44. The van der Waals surface area contributed by atoms with Gasteiger partial charge in [-0.3, -0.25) is 9.69 Å². The largest absolute Gasteiger partial charge is 0.497 e. The topological polar surface area (TPSA) is 36.0 Å². The van der Waals surface area contributed by atoms with E-state index in [2.05, 4.69) is 35.8 Å². The van der Waals surface area contributed by atoms with Gasteiger partial charge in [-0.2, -0.15) is 0 Å². The quantitative estimate of drug-likeness (QED) is 0.839. The van der Waals surface area contributed by atoms with Crippen molar-refractivity contribution >= 4 is 11.6 Å². The number of likely N-dealkylation sites (tertiary alicyclic amines) is 1. The van der Waals surface area contributed by atoms with E-state index in [-0.39, 0.29) is 5.91 Å². The van der Waals surface area contributed by atoms with Crippen LogP contribution in [-0.2, 0) is 4.79 Å². The molecule has 2 heterocycles. The van der Waals surface area contributed by atoms with Crippen molar-refractivity contribution in [2.45, 2.75) is 20.3 Å². The van der Waals surface area contributed by atoms with E-state index in [1.807, 2.05) is 17.0 Å². The lowest BCUT2D eigenvalue weighted by atomic mass is 9.92. The van der Waals surface area contributed by atoms with Crippen LogP contribution in [0.1, 0.15) is 20.3 Å². The predicted molar refractivity (Wildman–Crippen MR) is 101 cm³/mol. The lowest BCUT2D eigenvalue weighted by Crippen LogP contribution is -2.52. The van der Waals surface area contributed by atoms with Crippen molar-refractivity contribution < 1.29 is 9.53 Å². The molecule has 2 unspecified atom stereocenters. The molecule has 2 aliphatic rings. The number of rotatable bonds is 4. The molecule has 0 spiro atoms. The standard InChI is InChI=1S/C20H31N3O2/c1-16-12-17(2)14-21(13-16)15-20(24)23-10-8-22(9-11-23)18-4-6-19(25-3)7-5-18/h4-7,16-17H,8-15H2,1-3H3. The summed E-state index contributed by atoms with van der Waals surface area (Å²) in [6, 6.07) is 8.16. The fourth-order valence-electron chi connectivity index (χ4n) is 4.22. The average Bonchev–Trinajstić information content (AvgIpc) is 2.61. The van der Waals surface area contributed by atoms with Crippen molar-refractivity contribution in [3.8, 4) is 5.75 Å². The Kier molecular flexibility index (Phi) is 5.84. The summed E-state index contributed by atoms with van der Waals surface area (Å²) in [6.07, 6.45) is 1.28. The Hall–Kier alpha value is -1.75. The number of ether oxygens (including phenoxy) is 1. The molecule has 0 N–H and O–H groups in total. The van der Waals surface area contributed by atoms with Gasteiger partial charge in [0.2, 0.25) is 5.91 Å². The lowest BCUT2D eigenvalue weighted by molar-refractivity contribution is -0.133. The van der Waals surface area contributed by atoms with Crippen molar-refractivity contribution in [2.75, 3.05) is 57.8 Å². The highest BCUT2D eigenvalue weighted by Crippen LogP contribution is 2.22. The minimum absolute atomic E-state index is 0.288. The molecule has 2 atom stereocenters. The Labute approximate surface area is 151 Å². The average molecular weight is 345 g/mol. The number of hydrogen-bond acceptors (Lipinski definition) is 4. The number of amides is 1. The molecule has 2 aliphatic heterocycles. The minimum Gasteiger partial charge on any atom is -0.497 e. The molecule has 5 nitrogen and oxygen atoms in total. The third-order valence-electron chi connectivity index (χ3n) is 5.37. The van der Waals surface area contributed by atoms with Gasteiger partial charge in [0, 0.05) is 45.0 Å². The van der Waals surface area contributed by atoms with Gasteiger partial charge < -0.3 is 14.5 Å². The van der Waals surface area contributed by atoms with Gasteiger partial charge in [0.15, 0.2) is 0 Å². The highest BCUT2D eigenvalue weighted by Gasteiger charge is 2.27. The summed E-state index contributed by atoms with van der Waals surface area (Å²) in [5.41, 5.74) is 1.20. The van der Waals surface area contributed by atoms with Crippen LogP contribution in [0.3, 0.4) is 0 Å². The lowest BCUT2D eigenvalue weighted by Gasteiger charge is -2.39. The number of nitrogens with zero attached hydrogens (tertiary/aromatic N) is 3. The minimum atomic E-state index is 0.288. The van der Waals surface area contributed by atoms with Gasteiger partial charge in [0.25, 0.3) is 0 Å². The molecular formula is C20H31N3O2. The maximum absolute atomic E-state index is 12.7. The van der Waals surface area contributed by atoms with Crippen LogP contribution in [0.5, 0.6) is 5.75 Å².